The lowest BCUT2D eigenvalue weighted by Crippen LogP contribution is -2.37. The fraction of sp³-hybridized carbons (Fsp3) is 0.393. The lowest BCUT2D eigenvalue weighted by Gasteiger charge is -2.27. The van der Waals surface area contributed by atoms with Crippen molar-refractivity contribution in [3.63, 3.8) is 0 Å². The minimum absolute atomic E-state index is 0.128. The summed E-state index contributed by atoms with van der Waals surface area (Å²) in [7, 11) is 0. The second kappa shape index (κ2) is 9.65. The van der Waals surface area contributed by atoms with Gasteiger partial charge >= 0.3 is 0 Å². The van der Waals surface area contributed by atoms with Gasteiger partial charge in [-0.3, -0.25) is 4.79 Å². The van der Waals surface area contributed by atoms with Crippen molar-refractivity contribution in [2.75, 3.05) is 11.4 Å². The number of hydrogen-bond acceptors (Lipinski definition) is 2. The molecule has 0 spiro atoms. The highest BCUT2D eigenvalue weighted by Crippen LogP contribution is 2.39. The molecule has 1 aromatic carbocycles. The molecule has 0 bridgehead atoms. The van der Waals surface area contributed by atoms with Crippen LogP contribution in [0.25, 0.3) is 0 Å². The van der Waals surface area contributed by atoms with Crippen LogP contribution in [0.4, 0.5) is 5.69 Å². The summed E-state index contributed by atoms with van der Waals surface area (Å²) in [5.74, 6) is 0.397. The predicted octanol–water partition coefficient (Wildman–Crippen LogP) is 6.00. The molecule has 0 radical (unpaired) electrons. The van der Waals surface area contributed by atoms with Crippen molar-refractivity contribution in [1.82, 2.24) is 0 Å². The topological polar surface area (TPSA) is 40.5 Å². The van der Waals surface area contributed by atoms with Gasteiger partial charge < -0.3 is 10.0 Å². The maximum absolute atomic E-state index is 13.9. The minimum Gasteiger partial charge on any atom is -0.389 e. The molecule has 1 aromatic rings. The van der Waals surface area contributed by atoms with Crippen LogP contribution in [-0.2, 0) is 4.79 Å². The summed E-state index contributed by atoms with van der Waals surface area (Å²) in [5, 5.41) is 10.5. The van der Waals surface area contributed by atoms with Gasteiger partial charge in [0, 0.05) is 5.69 Å². The maximum Gasteiger partial charge on any atom is 0.234 e. The molecular formula is C28H33NO2. The number of carbonyl (C=O) groups excluding carboxylic acids is 1. The van der Waals surface area contributed by atoms with Gasteiger partial charge in [0.15, 0.2) is 0 Å². The Kier molecular flexibility index (Phi) is 6.72. The summed E-state index contributed by atoms with van der Waals surface area (Å²) in [6.07, 6.45) is 18.5. The van der Waals surface area contributed by atoms with Gasteiger partial charge in [-0.1, -0.05) is 68.5 Å². The second-order valence-electron chi connectivity index (χ2n) is 9.05. The normalized spacial score (nSPS) is 22.9. The van der Waals surface area contributed by atoms with Crippen LogP contribution >= 0.6 is 0 Å². The third-order valence-corrected chi connectivity index (χ3v) is 6.58. The quantitative estimate of drug-likeness (QED) is 0.640. The minimum atomic E-state index is -0.417. The highest BCUT2D eigenvalue weighted by molar-refractivity contribution is 5.98. The number of hydrogen-bond donors (Lipinski definition) is 1. The van der Waals surface area contributed by atoms with Crippen molar-refractivity contribution >= 4 is 11.6 Å². The van der Waals surface area contributed by atoms with Crippen LogP contribution in [0.1, 0.15) is 57.4 Å². The van der Waals surface area contributed by atoms with E-state index in [4.69, 9.17) is 0 Å². The summed E-state index contributed by atoms with van der Waals surface area (Å²) in [6.45, 7) is 4.91. The lowest BCUT2D eigenvalue weighted by molar-refractivity contribution is -0.121. The van der Waals surface area contributed by atoms with Gasteiger partial charge in [-0.25, -0.2) is 0 Å². The van der Waals surface area contributed by atoms with Crippen molar-refractivity contribution in [3.8, 4) is 0 Å². The monoisotopic (exact) mass is 415 g/mol. The van der Waals surface area contributed by atoms with Crippen molar-refractivity contribution in [1.29, 1.82) is 0 Å². The molecule has 0 aromatic heterocycles. The number of amides is 1. The molecular weight excluding hydrogens is 382 g/mol. The van der Waals surface area contributed by atoms with Crippen LogP contribution in [0.5, 0.6) is 0 Å². The smallest absolute Gasteiger partial charge is 0.234 e. The molecule has 1 amide bonds. The number of nitrogens with zero attached hydrogens (tertiary/aromatic N) is 1. The molecule has 2 atom stereocenters. The molecule has 3 nitrogen and oxygen atoms in total. The Morgan fingerprint density at radius 2 is 1.90 bits per heavy atom. The van der Waals surface area contributed by atoms with Crippen LogP contribution in [0, 0.1) is 5.92 Å². The number of aliphatic hydroxyl groups is 1. The zero-order chi connectivity index (χ0) is 21.8. The van der Waals surface area contributed by atoms with E-state index in [1.807, 2.05) is 4.90 Å². The summed E-state index contributed by atoms with van der Waals surface area (Å²) in [4.78, 5) is 15.8. The Hall–Kier alpha value is -2.65. The molecule has 0 heterocycles. The Morgan fingerprint density at radius 3 is 2.68 bits per heavy atom. The SMILES string of the molecule is CC(C)c1ccc(N(CC2=CC=CCC=C2)C(=O)C2CCC3=C2C=CCCC3O)cc1. The van der Waals surface area contributed by atoms with E-state index in [0.29, 0.717) is 12.5 Å². The van der Waals surface area contributed by atoms with Gasteiger partial charge in [0.2, 0.25) is 5.91 Å². The van der Waals surface area contributed by atoms with Gasteiger partial charge in [0.25, 0.3) is 0 Å². The first kappa shape index (κ1) is 21.6. The number of anilines is 1. The number of carbonyl (C=O) groups is 1. The van der Waals surface area contributed by atoms with E-state index in [1.54, 1.807) is 0 Å². The van der Waals surface area contributed by atoms with Crippen molar-refractivity contribution < 1.29 is 9.90 Å². The molecule has 0 saturated carbocycles. The van der Waals surface area contributed by atoms with Crippen molar-refractivity contribution in [2.45, 2.75) is 58.0 Å². The van der Waals surface area contributed by atoms with Gasteiger partial charge in [-0.05, 0) is 72.4 Å². The standard InChI is InChI=1S/C28H33NO2/c1-20(2)22-13-15-23(16-14-22)29(19-21-9-5-3-4-6-10-21)28(31)26-18-17-25-24(26)11-7-8-12-27(25)30/h3,5-7,9-11,13-16,20,26-27,30H,4,8,12,17-19H2,1-2H3. The summed E-state index contributed by atoms with van der Waals surface area (Å²) >= 11 is 0. The van der Waals surface area contributed by atoms with E-state index < -0.39 is 6.10 Å². The van der Waals surface area contributed by atoms with Crippen LogP contribution in [0.15, 0.2) is 83.5 Å². The first-order valence-corrected chi connectivity index (χ1v) is 11.6. The number of allylic oxidation sites excluding steroid dienone is 6. The number of benzene rings is 1. The molecule has 0 saturated heterocycles. The van der Waals surface area contributed by atoms with Gasteiger partial charge in [-0.15, -0.1) is 0 Å². The molecule has 4 rings (SSSR count). The molecule has 3 heteroatoms. The van der Waals surface area contributed by atoms with E-state index in [0.717, 1.165) is 54.5 Å². The summed E-state index contributed by atoms with van der Waals surface area (Å²) in [5.41, 5.74) is 5.44. The van der Waals surface area contributed by atoms with E-state index in [2.05, 4.69) is 80.6 Å². The molecule has 0 aliphatic heterocycles. The molecule has 0 fully saturated rings. The fourth-order valence-electron chi connectivity index (χ4n) is 4.74. The number of rotatable bonds is 5. The third-order valence-electron chi connectivity index (χ3n) is 6.58. The van der Waals surface area contributed by atoms with Crippen LogP contribution in [0.2, 0.25) is 0 Å². The molecule has 1 N–H and O–H groups in total. The van der Waals surface area contributed by atoms with Crippen LogP contribution < -0.4 is 4.90 Å². The van der Waals surface area contributed by atoms with E-state index in [-0.39, 0.29) is 11.8 Å². The van der Waals surface area contributed by atoms with Gasteiger partial charge in [0.1, 0.15) is 0 Å². The maximum atomic E-state index is 13.9. The largest absolute Gasteiger partial charge is 0.389 e. The summed E-state index contributed by atoms with van der Waals surface area (Å²) < 4.78 is 0. The van der Waals surface area contributed by atoms with Crippen LogP contribution in [-0.4, -0.2) is 23.7 Å². The Balaban J connectivity index is 1.67. The first-order chi connectivity index (χ1) is 15.0. The van der Waals surface area contributed by atoms with E-state index in [1.165, 1.54) is 5.56 Å². The first-order valence-electron chi connectivity index (χ1n) is 11.6. The van der Waals surface area contributed by atoms with Gasteiger partial charge in [0.05, 0.1) is 18.6 Å². The van der Waals surface area contributed by atoms with Crippen molar-refractivity contribution in [2.24, 2.45) is 5.92 Å². The lowest BCUT2D eigenvalue weighted by atomic mass is 9.96. The highest BCUT2D eigenvalue weighted by Gasteiger charge is 2.36. The third kappa shape index (κ3) is 4.83. The zero-order valence-electron chi connectivity index (χ0n) is 18.6. The van der Waals surface area contributed by atoms with Crippen molar-refractivity contribution in [3.05, 3.63) is 89.1 Å². The molecule has 162 valence electrons. The van der Waals surface area contributed by atoms with Gasteiger partial charge in [-0.2, -0.15) is 0 Å². The summed E-state index contributed by atoms with van der Waals surface area (Å²) in [6, 6.07) is 8.41. The highest BCUT2D eigenvalue weighted by atomic mass is 16.3. The van der Waals surface area contributed by atoms with Crippen LogP contribution in [0.3, 0.4) is 0 Å². The molecule has 3 aliphatic rings. The number of aliphatic hydroxyl groups excluding tert-OH is 1. The van der Waals surface area contributed by atoms with E-state index >= 15 is 0 Å². The Morgan fingerprint density at radius 1 is 1.10 bits per heavy atom. The zero-order valence-corrected chi connectivity index (χ0v) is 18.6. The average molecular weight is 416 g/mol. The molecule has 3 aliphatic carbocycles. The second-order valence-corrected chi connectivity index (χ2v) is 9.05. The van der Waals surface area contributed by atoms with E-state index in [9.17, 15) is 9.90 Å². The Labute approximate surface area is 186 Å². The molecule has 2 unspecified atom stereocenters. The Bertz CT molecular complexity index is 959. The fourth-order valence-corrected chi connectivity index (χ4v) is 4.74. The average Bonchev–Trinajstić information content (AvgIpc) is 2.91. The predicted molar refractivity (Wildman–Crippen MR) is 128 cm³/mol. The molecule has 31 heavy (non-hydrogen) atoms.